The summed E-state index contributed by atoms with van der Waals surface area (Å²) in [5, 5.41) is 0. The van der Waals surface area contributed by atoms with Crippen molar-refractivity contribution in [3.05, 3.63) is 59.3 Å². The highest BCUT2D eigenvalue weighted by Crippen LogP contribution is 2.04. The van der Waals surface area contributed by atoms with Crippen molar-refractivity contribution in [2.75, 3.05) is 6.61 Å². The molecule has 0 heterocycles. The zero-order valence-electron chi connectivity index (χ0n) is 13.5. The minimum atomic E-state index is -0.292. The van der Waals surface area contributed by atoms with E-state index in [2.05, 4.69) is 0 Å². The average Bonchev–Trinajstić information content (AvgIpc) is 2.41. The minimum Gasteiger partial charge on any atom is -0.463 e. The van der Waals surface area contributed by atoms with Crippen LogP contribution in [-0.2, 0) is 14.3 Å². The molecule has 0 unspecified atom stereocenters. The summed E-state index contributed by atoms with van der Waals surface area (Å²) in [6.07, 6.45) is 12.7. The summed E-state index contributed by atoms with van der Waals surface area (Å²) < 4.78 is 4.91. The first-order valence-corrected chi connectivity index (χ1v) is 6.92. The Morgan fingerprint density at radius 2 is 1.48 bits per heavy atom. The zero-order chi connectivity index (χ0) is 16.3. The van der Waals surface area contributed by atoms with Gasteiger partial charge in [0.05, 0.1) is 6.61 Å². The lowest BCUT2D eigenvalue weighted by Gasteiger charge is -2.01. The highest BCUT2D eigenvalue weighted by molar-refractivity contribution is 5.88. The molecular weight excluding hydrogens is 264 g/mol. The lowest BCUT2D eigenvalue weighted by Crippen LogP contribution is -2.04. The predicted molar refractivity (Wildman–Crippen MR) is 86.9 cm³/mol. The number of carbonyl (C=O) groups excluding carboxylic acids is 2. The van der Waals surface area contributed by atoms with Crippen molar-refractivity contribution in [1.29, 1.82) is 0 Å². The number of rotatable bonds is 7. The topological polar surface area (TPSA) is 43.4 Å². The molecule has 0 aliphatic heterocycles. The van der Waals surface area contributed by atoms with Gasteiger partial charge in [-0.25, -0.2) is 4.79 Å². The monoisotopic (exact) mass is 288 g/mol. The quantitative estimate of drug-likeness (QED) is 0.402. The Morgan fingerprint density at radius 1 is 0.905 bits per heavy atom. The Morgan fingerprint density at radius 3 is 2.00 bits per heavy atom. The summed E-state index contributed by atoms with van der Waals surface area (Å²) >= 11 is 0. The maximum atomic E-state index is 11.4. The number of hydrogen-bond donors (Lipinski definition) is 0. The van der Waals surface area contributed by atoms with E-state index in [1.165, 1.54) is 13.0 Å². The van der Waals surface area contributed by atoms with Crippen LogP contribution in [0.1, 0.15) is 34.6 Å². The standard InChI is InChI=1S/C18H24O3/c1-6-21-18(20)16(4)13-15(3)10-8-7-9-14(2)11-12-17(5)19/h7-13H,6H2,1-5H3/b8-7+,12-11+,14-9+,15-10+,16-13+. The average molecular weight is 288 g/mol. The van der Waals surface area contributed by atoms with Crippen LogP contribution >= 0.6 is 0 Å². The predicted octanol–water partition coefficient (Wildman–Crippen LogP) is 4.09. The lowest BCUT2D eigenvalue weighted by atomic mass is 10.1. The van der Waals surface area contributed by atoms with Crippen molar-refractivity contribution in [1.82, 2.24) is 0 Å². The van der Waals surface area contributed by atoms with Crippen molar-refractivity contribution in [3.63, 3.8) is 0 Å². The molecule has 0 rings (SSSR count). The van der Waals surface area contributed by atoms with Gasteiger partial charge in [-0.15, -0.1) is 0 Å². The third kappa shape index (κ3) is 10.3. The second kappa shape index (κ2) is 10.6. The summed E-state index contributed by atoms with van der Waals surface area (Å²) in [6.45, 7) is 9.25. The Balaban J connectivity index is 4.63. The van der Waals surface area contributed by atoms with Crippen LogP contribution < -0.4 is 0 Å². The fraction of sp³-hybridized carbons (Fsp3) is 0.333. The normalized spacial score (nSPS) is 14.0. The SMILES string of the molecule is CCOC(=O)/C(C)=C/C(C)=C/C=C/C=C(C)/C=C/C(C)=O. The number of hydrogen-bond acceptors (Lipinski definition) is 3. The van der Waals surface area contributed by atoms with Crippen LogP contribution in [0.5, 0.6) is 0 Å². The van der Waals surface area contributed by atoms with Crippen LogP contribution in [0.4, 0.5) is 0 Å². The zero-order valence-corrected chi connectivity index (χ0v) is 13.5. The van der Waals surface area contributed by atoms with Gasteiger partial charge in [0.15, 0.2) is 5.78 Å². The summed E-state index contributed by atoms with van der Waals surface area (Å²) in [5.74, 6) is -0.263. The van der Waals surface area contributed by atoms with Gasteiger partial charge in [0, 0.05) is 5.57 Å². The summed E-state index contributed by atoms with van der Waals surface area (Å²) in [5.41, 5.74) is 2.53. The third-order valence-corrected chi connectivity index (χ3v) is 2.45. The first-order valence-electron chi connectivity index (χ1n) is 6.92. The minimum absolute atomic E-state index is 0.0297. The molecule has 0 spiro atoms. The molecule has 0 amide bonds. The van der Waals surface area contributed by atoms with Gasteiger partial charge >= 0.3 is 5.97 Å². The van der Waals surface area contributed by atoms with Crippen molar-refractivity contribution >= 4 is 11.8 Å². The van der Waals surface area contributed by atoms with Gasteiger partial charge in [0.2, 0.25) is 0 Å². The molecule has 0 bridgehead atoms. The van der Waals surface area contributed by atoms with Crippen molar-refractivity contribution in [2.45, 2.75) is 34.6 Å². The Bertz CT molecular complexity index is 515. The van der Waals surface area contributed by atoms with E-state index >= 15 is 0 Å². The van der Waals surface area contributed by atoms with E-state index in [1.54, 1.807) is 26.0 Å². The molecule has 0 aromatic rings. The second-order valence-corrected chi connectivity index (χ2v) is 4.70. The van der Waals surface area contributed by atoms with E-state index in [-0.39, 0.29) is 11.8 Å². The van der Waals surface area contributed by atoms with Gasteiger partial charge in [-0.2, -0.15) is 0 Å². The lowest BCUT2D eigenvalue weighted by molar-refractivity contribution is -0.138. The Hall–Kier alpha value is -2.16. The molecule has 0 fully saturated rings. The second-order valence-electron chi connectivity index (χ2n) is 4.70. The molecule has 0 atom stereocenters. The summed E-state index contributed by atoms with van der Waals surface area (Å²) in [6, 6.07) is 0. The van der Waals surface area contributed by atoms with Crippen LogP contribution in [0, 0.1) is 0 Å². The summed E-state index contributed by atoms with van der Waals surface area (Å²) in [4.78, 5) is 22.2. The fourth-order valence-electron chi connectivity index (χ4n) is 1.41. The first-order chi connectivity index (χ1) is 9.86. The van der Waals surface area contributed by atoms with Crippen LogP contribution in [-0.4, -0.2) is 18.4 Å². The number of esters is 1. The van der Waals surface area contributed by atoms with E-state index in [0.29, 0.717) is 12.2 Å². The molecule has 0 radical (unpaired) electrons. The maximum absolute atomic E-state index is 11.4. The molecule has 21 heavy (non-hydrogen) atoms. The van der Waals surface area contributed by atoms with Gasteiger partial charge in [-0.05, 0) is 46.8 Å². The van der Waals surface area contributed by atoms with Gasteiger partial charge in [0.1, 0.15) is 0 Å². The molecule has 0 saturated carbocycles. The number of allylic oxidation sites excluding steroid dienone is 9. The molecule has 3 nitrogen and oxygen atoms in total. The van der Waals surface area contributed by atoms with Crippen LogP contribution in [0.2, 0.25) is 0 Å². The van der Waals surface area contributed by atoms with Gasteiger partial charge in [-0.3, -0.25) is 4.79 Å². The number of ketones is 1. The van der Waals surface area contributed by atoms with E-state index in [0.717, 1.165) is 11.1 Å². The summed E-state index contributed by atoms with van der Waals surface area (Å²) in [7, 11) is 0. The van der Waals surface area contributed by atoms with Crippen molar-refractivity contribution < 1.29 is 14.3 Å². The van der Waals surface area contributed by atoms with E-state index < -0.39 is 0 Å². The van der Waals surface area contributed by atoms with Crippen molar-refractivity contribution in [2.24, 2.45) is 0 Å². The van der Waals surface area contributed by atoms with E-state index in [9.17, 15) is 9.59 Å². The highest BCUT2D eigenvalue weighted by atomic mass is 16.5. The third-order valence-electron chi connectivity index (χ3n) is 2.45. The molecule has 0 aromatic carbocycles. The van der Waals surface area contributed by atoms with E-state index in [4.69, 9.17) is 4.74 Å². The molecular formula is C18H24O3. The first kappa shape index (κ1) is 18.8. The van der Waals surface area contributed by atoms with Crippen LogP contribution in [0.25, 0.3) is 0 Å². The molecule has 0 aliphatic carbocycles. The number of ether oxygens (including phenoxy) is 1. The largest absolute Gasteiger partial charge is 0.463 e. The Labute approximate surface area is 127 Å². The molecule has 0 N–H and O–H groups in total. The molecule has 3 heteroatoms. The highest BCUT2D eigenvalue weighted by Gasteiger charge is 2.03. The Kier molecular flexibility index (Phi) is 9.52. The molecule has 114 valence electrons. The number of carbonyl (C=O) groups is 2. The van der Waals surface area contributed by atoms with E-state index in [1.807, 2.05) is 38.2 Å². The van der Waals surface area contributed by atoms with Crippen molar-refractivity contribution in [3.8, 4) is 0 Å². The van der Waals surface area contributed by atoms with Crippen LogP contribution in [0.15, 0.2) is 59.3 Å². The fourth-order valence-corrected chi connectivity index (χ4v) is 1.41. The smallest absolute Gasteiger partial charge is 0.333 e. The van der Waals surface area contributed by atoms with Gasteiger partial charge in [0.25, 0.3) is 0 Å². The molecule has 0 aliphatic rings. The van der Waals surface area contributed by atoms with Gasteiger partial charge in [-0.1, -0.05) is 41.5 Å². The van der Waals surface area contributed by atoms with Gasteiger partial charge < -0.3 is 4.74 Å². The molecule has 0 aromatic heterocycles. The maximum Gasteiger partial charge on any atom is 0.333 e. The molecule has 0 saturated heterocycles. The van der Waals surface area contributed by atoms with Crippen LogP contribution in [0.3, 0.4) is 0 Å².